The zero-order valence-corrected chi connectivity index (χ0v) is 11.6. The predicted octanol–water partition coefficient (Wildman–Crippen LogP) is 4.02. The fourth-order valence-corrected chi connectivity index (χ4v) is 2.94. The zero-order valence-electron chi connectivity index (χ0n) is 11.6. The van der Waals surface area contributed by atoms with Crippen molar-refractivity contribution in [3.8, 4) is 11.5 Å². The molecule has 1 aromatic rings. The summed E-state index contributed by atoms with van der Waals surface area (Å²) >= 11 is 0. The number of benzene rings is 1. The molecular weight excluding hydrogens is 224 g/mol. The summed E-state index contributed by atoms with van der Waals surface area (Å²) in [5, 5.41) is 0. The fraction of sp³-hybridized carbons (Fsp3) is 0.625. The Labute approximate surface area is 109 Å². The smallest absolute Gasteiger partial charge is 0.126 e. The summed E-state index contributed by atoms with van der Waals surface area (Å²) in [6.45, 7) is 2.30. The standard InChI is InChI=1S/C16H22O2/c1-16(7-8-16)15-13(17-2)9-12(10-14(15)18-3)11-5-4-6-11/h9-11H,4-8H2,1-3H3. The van der Waals surface area contributed by atoms with Gasteiger partial charge in [-0.2, -0.15) is 0 Å². The summed E-state index contributed by atoms with van der Waals surface area (Å²) in [4.78, 5) is 0. The molecule has 98 valence electrons. The lowest BCUT2D eigenvalue weighted by molar-refractivity contribution is 0.370. The second-order valence-corrected chi connectivity index (χ2v) is 5.99. The van der Waals surface area contributed by atoms with Crippen LogP contribution in [0.3, 0.4) is 0 Å². The molecule has 2 aliphatic carbocycles. The second-order valence-electron chi connectivity index (χ2n) is 5.99. The number of rotatable bonds is 4. The topological polar surface area (TPSA) is 18.5 Å². The molecule has 1 aromatic carbocycles. The van der Waals surface area contributed by atoms with E-state index < -0.39 is 0 Å². The van der Waals surface area contributed by atoms with E-state index in [9.17, 15) is 0 Å². The first-order valence-electron chi connectivity index (χ1n) is 6.94. The van der Waals surface area contributed by atoms with Crippen LogP contribution < -0.4 is 9.47 Å². The summed E-state index contributed by atoms with van der Waals surface area (Å²) in [6, 6.07) is 4.48. The van der Waals surface area contributed by atoms with Gasteiger partial charge in [0.2, 0.25) is 0 Å². The number of methoxy groups -OCH3 is 2. The van der Waals surface area contributed by atoms with Crippen molar-refractivity contribution >= 4 is 0 Å². The highest BCUT2D eigenvalue weighted by molar-refractivity contribution is 5.55. The van der Waals surface area contributed by atoms with Gasteiger partial charge in [-0.1, -0.05) is 13.3 Å². The molecule has 2 heteroatoms. The van der Waals surface area contributed by atoms with E-state index in [1.54, 1.807) is 14.2 Å². The molecule has 0 unspecified atom stereocenters. The van der Waals surface area contributed by atoms with Crippen LogP contribution in [0.25, 0.3) is 0 Å². The van der Waals surface area contributed by atoms with Gasteiger partial charge in [0.25, 0.3) is 0 Å². The van der Waals surface area contributed by atoms with Crippen LogP contribution in [0.15, 0.2) is 12.1 Å². The lowest BCUT2D eigenvalue weighted by Gasteiger charge is -2.28. The Morgan fingerprint density at radius 2 is 1.61 bits per heavy atom. The summed E-state index contributed by atoms with van der Waals surface area (Å²) in [7, 11) is 3.54. The molecule has 2 aliphatic rings. The quantitative estimate of drug-likeness (QED) is 0.798. The van der Waals surface area contributed by atoms with Crippen LogP contribution in [0.1, 0.15) is 56.1 Å². The monoisotopic (exact) mass is 246 g/mol. The maximum atomic E-state index is 5.63. The molecule has 0 aromatic heterocycles. The molecule has 0 radical (unpaired) electrons. The highest BCUT2D eigenvalue weighted by atomic mass is 16.5. The van der Waals surface area contributed by atoms with Crippen molar-refractivity contribution in [1.82, 2.24) is 0 Å². The molecule has 2 nitrogen and oxygen atoms in total. The third kappa shape index (κ3) is 1.79. The maximum absolute atomic E-state index is 5.63. The van der Waals surface area contributed by atoms with Gasteiger partial charge >= 0.3 is 0 Å². The third-order valence-electron chi connectivity index (χ3n) is 4.71. The van der Waals surface area contributed by atoms with Crippen LogP contribution in [0.2, 0.25) is 0 Å². The molecule has 18 heavy (non-hydrogen) atoms. The van der Waals surface area contributed by atoms with Crippen LogP contribution in [0.4, 0.5) is 0 Å². The number of ether oxygens (including phenoxy) is 2. The van der Waals surface area contributed by atoms with Crippen molar-refractivity contribution in [2.24, 2.45) is 0 Å². The molecule has 0 atom stereocenters. The van der Waals surface area contributed by atoms with Crippen LogP contribution in [-0.2, 0) is 5.41 Å². The van der Waals surface area contributed by atoms with E-state index in [4.69, 9.17) is 9.47 Å². The zero-order chi connectivity index (χ0) is 12.8. The lowest BCUT2D eigenvalue weighted by atomic mass is 9.79. The van der Waals surface area contributed by atoms with Gasteiger partial charge in [-0.05, 0) is 54.7 Å². The van der Waals surface area contributed by atoms with E-state index in [0.717, 1.165) is 11.5 Å². The van der Waals surface area contributed by atoms with E-state index >= 15 is 0 Å². The van der Waals surface area contributed by atoms with Gasteiger partial charge in [0, 0.05) is 5.56 Å². The first kappa shape index (κ1) is 11.9. The van der Waals surface area contributed by atoms with E-state index in [2.05, 4.69) is 19.1 Å². The summed E-state index contributed by atoms with van der Waals surface area (Å²) in [5.74, 6) is 2.77. The average Bonchev–Trinajstić information content (AvgIpc) is 3.04. The molecule has 2 saturated carbocycles. The predicted molar refractivity (Wildman–Crippen MR) is 72.7 cm³/mol. The molecule has 2 fully saturated rings. The van der Waals surface area contributed by atoms with Gasteiger partial charge in [0.15, 0.2) is 0 Å². The second kappa shape index (κ2) is 4.18. The van der Waals surface area contributed by atoms with Gasteiger partial charge in [-0.3, -0.25) is 0 Å². The minimum atomic E-state index is 0.273. The Balaban J connectivity index is 2.06. The minimum Gasteiger partial charge on any atom is -0.496 e. The minimum absolute atomic E-state index is 0.273. The molecule has 0 amide bonds. The Morgan fingerprint density at radius 3 is 1.94 bits per heavy atom. The van der Waals surface area contributed by atoms with Gasteiger partial charge in [-0.15, -0.1) is 0 Å². The molecule has 0 N–H and O–H groups in total. The van der Waals surface area contributed by atoms with Crippen molar-refractivity contribution < 1.29 is 9.47 Å². The highest BCUT2D eigenvalue weighted by Gasteiger charge is 2.44. The molecule has 0 bridgehead atoms. The largest absolute Gasteiger partial charge is 0.496 e. The summed E-state index contributed by atoms with van der Waals surface area (Å²) in [6.07, 6.45) is 6.45. The summed E-state index contributed by atoms with van der Waals surface area (Å²) in [5.41, 5.74) is 2.94. The molecule has 3 rings (SSSR count). The van der Waals surface area contributed by atoms with E-state index in [1.807, 2.05) is 0 Å². The van der Waals surface area contributed by atoms with Crippen molar-refractivity contribution in [3.63, 3.8) is 0 Å². The lowest BCUT2D eigenvalue weighted by Crippen LogP contribution is -2.12. The number of hydrogen-bond acceptors (Lipinski definition) is 2. The van der Waals surface area contributed by atoms with Crippen LogP contribution >= 0.6 is 0 Å². The Hall–Kier alpha value is -1.18. The van der Waals surface area contributed by atoms with E-state index in [0.29, 0.717) is 5.92 Å². The van der Waals surface area contributed by atoms with E-state index in [1.165, 1.54) is 43.2 Å². The van der Waals surface area contributed by atoms with E-state index in [-0.39, 0.29) is 5.41 Å². The molecule has 0 spiro atoms. The average molecular weight is 246 g/mol. The highest BCUT2D eigenvalue weighted by Crippen LogP contribution is 2.55. The van der Waals surface area contributed by atoms with Crippen LogP contribution in [0, 0.1) is 0 Å². The Bertz CT molecular complexity index is 431. The SMILES string of the molecule is COc1cc(C2CCC2)cc(OC)c1C1(C)CC1. The first-order chi connectivity index (χ1) is 8.68. The van der Waals surface area contributed by atoms with Crippen molar-refractivity contribution in [1.29, 1.82) is 0 Å². The Morgan fingerprint density at radius 1 is 1.06 bits per heavy atom. The van der Waals surface area contributed by atoms with Crippen LogP contribution in [0.5, 0.6) is 11.5 Å². The van der Waals surface area contributed by atoms with Crippen molar-refractivity contribution in [2.75, 3.05) is 14.2 Å². The van der Waals surface area contributed by atoms with Crippen molar-refractivity contribution in [2.45, 2.75) is 50.4 Å². The van der Waals surface area contributed by atoms with Gasteiger partial charge in [0.05, 0.1) is 14.2 Å². The molecule has 0 saturated heterocycles. The maximum Gasteiger partial charge on any atom is 0.126 e. The molecule has 0 aliphatic heterocycles. The molecular formula is C16H22O2. The Kier molecular flexibility index (Phi) is 2.76. The van der Waals surface area contributed by atoms with Gasteiger partial charge in [0.1, 0.15) is 11.5 Å². The summed E-state index contributed by atoms with van der Waals surface area (Å²) < 4.78 is 11.3. The van der Waals surface area contributed by atoms with Crippen molar-refractivity contribution in [3.05, 3.63) is 23.3 Å². The third-order valence-corrected chi connectivity index (χ3v) is 4.71. The molecule has 0 heterocycles. The normalized spacial score (nSPS) is 21.3. The van der Waals surface area contributed by atoms with Gasteiger partial charge in [-0.25, -0.2) is 0 Å². The van der Waals surface area contributed by atoms with Gasteiger partial charge < -0.3 is 9.47 Å². The fourth-order valence-electron chi connectivity index (χ4n) is 2.94. The first-order valence-corrected chi connectivity index (χ1v) is 6.94. The van der Waals surface area contributed by atoms with Crippen LogP contribution in [-0.4, -0.2) is 14.2 Å². The number of hydrogen-bond donors (Lipinski definition) is 0.